The molecule has 0 amide bonds. The molecule has 2 aromatic rings. The van der Waals surface area contributed by atoms with E-state index in [1.165, 1.54) is 5.56 Å². The molecule has 1 saturated heterocycles. The van der Waals surface area contributed by atoms with Gasteiger partial charge in [0.2, 0.25) is 0 Å². The van der Waals surface area contributed by atoms with Crippen molar-refractivity contribution in [1.82, 2.24) is 4.90 Å². The minimum atomic E-state index is -1.32. The number of phenolic OH excluding ortho intramolecular Hbond substituents is 1. The van der Waals surface area contributed by atoms with Crippen LogP contribution in [0, 0.1) is 5.92 Å². The molecular weight excluding hydrogens is 564 g/mol. The zero-order chi connectivity index (χ0) is 33.7. The van der Waals surface area contributed by atoms with Gasteiger partial charge in [-0.2, -0.15) is 0 Å². The van der Waals surface area contributed by atoms with Crippen molar-refractivity contribution in [3.63, 3.8) is 0 Å². The Morgan fingerprint density at radius 3 is 1.87 bits per heavy atom. The summed E-state index contributed by atoms with van der Waals surface area (Å²) in [5.74, 6) is -1.84. The highest BCUT2D eigenvalue weighted by Crippen LogP contribution is 2.41. The third kappa shape index (κ3) is 10.0. The summed E-state index contributed by atoms with van der Waals surface area (Å²) in [4.78, 5) is 28.2. The van der Waals surface area contributed by atoms with E-state index in [0.29, 0.717) is 18.2 Å². The van der Waals surface area contributed by atoms with Gasteiger partial charge in [-0.05, 0) is 59.3 Å². The number of ether oxygens (including phenoxy) is 2. The fourth-order valence-corrected chi connectivity index (χ4v) is 5.60. The second-order valence-corrected chi connectivity index (χ2v) is 15.4. The minimum Gasteiger partial charge on any atom is -0.507 e. The number of nitrogens with one attached hydrogen (secondary N) is 1. The van der Waals surface area contributed by atoms with Crippen LogP contribution in [-0.4, -0.2) is 33.9 Å². The molecule has 3 rings (SSSR count). The summed E-state index contributed by atoms with van der Waals surface area (Å²) < 4.78 is 10.9. The van der Waals surface area contributed by atoms with Crippen molar-refractivity contribution in [2.45, 2.75) is 138 Å². The van der Waals surface area contributed by atoms with Crippen LogP contribution in [-0.2, 0) is 42.9 Å². The summed E-state index contributed by atoms with van der Waals surface area (Å²) in [5.41, 5.74) is 4.19. The molecule has 0 aromatic heterocycles. The second-order valence-electron chi connectivity index (χ2n) is 15.4. The van der Waals surface area contributed by atoms with E-state index in [4.69, 9.17) is 9.47 Å². The van der Waals surface area contributed by atoms with Gasteiger partial charge in [-0.15, -0.1) is 0 Å². The fourth-order valence-electron chi connectivity index (χ4n) is 5.60. The Balaban J connectivity index is 2.13. The van der Waals surface area contributed by atoms with Crippen LogP contribution >= 0.6 is 0 Å². The summed E-state index contributed by atoms with van der Waals surface area (Å²) >= 11 is 0. The van der Waals surface area contributed by atoms with Gasteiger partial charge in [0, 0.05) is 43.4 Å². The van der Waals surface area contributed by atoms with Crippen molar-refractivity contribution in [1.29, 1.82) is 0 Å². The van der Waals surface area contributed by atoms with Crippen LogP contribution in [0.25, 0.3) is 0 Å². The van der Waals surface area contributed by atoms with E-state index in [1.807, 2.05) is 17.0 Å². The predicted octanol–water partition coefficient (Wildman–Crippen LogP) is 8.73. The van der Waals surface area contributed by atoms with Gasteiger partial charge in [-0.25, -0.2) is 9.59 Å². The molecule has 0 aliphatic carbocycles. The van der Waals surface area contributed by atoms with Crippen LogP contribution in [0.15, 0.2) is 48.2 Å². The topological polar surface area (TPSA) is 88.1 Å². The number of esters is 2. The maximum atomic E-state index is 13.1. The molecule has 0 spiro atoms. The standard InChI is InChI=1S/C38H56N2O5/c1-12-13-14-15-32(39-28-21-30(36(4,5)6)33(41)31(22-28)37(7,8)9)40(23-27-18-16-26(17-19-27)20-25(2)3)24-29-34(42)44-38(10,11)45-35(29)43/h16-19,21-22,24-25,32,39,41H,12-15,20,23H2,1-11H3. The molecule has 1 heterocycles. The molecule has 1 fully saturated rings. The molecule has 248 valence electrons. The lowest BCUT2D eigenvalue weighted by Crippen LogP contribution is -2.44. The van der Waals surface area contributed by atoms with Crippen LogP contribution in [0.3, 0.4) is 0 Å². The Labute approximate surface area is 271 Å². The Morgan fingerprint density at radius 2 is 1.40 bits per heavy atom. The number of nitrogens with zero attached hydrogens (tertiary/aromatic N) is 1. The average molecular weight is 621 g/mol. The zero-order valence-corrected chi connectivity index (χ0v) is 29.5. The Hall–Kier alpha value is -3.48. The molecule has 7 nitrogen and oxygen atoms in total. The largest absolute Gasteiger partial charge is 0.507 e. The molecule has 1 aliphatic heterocycles. The van der Waals surface area contributed by atoms with Crippen molar-refractivity contribution in [3.8, 4) is 5.75 Å². The summed E-state index contributed by atoms with van der Waals surface area (Å²) in [6, 6.07) is 12.6. The van der Waals surface area contributed by atoms with Crippen LogP contribution < -0.4 is 5.32 Å². The normalized spacial score (nSPS) is 15.9. The van der Waals surface area contributed by atoms with Crippen LogP contribution in [0.2, 0.25) is 0 Å². The number of cyclic esters (lactones) is 2. The first kappa shape index (κ1) is 36.0. The van der Waals surface area contributed by atoms with Gasteiger partial charge >= 0.3 is 11.9 Å². The number of carbonyl (C=O) groups is 2. The molecule has 1 aliphatic rings. The van der Waals surface area contributed by atoms with Gasteiger partial charge in [-0.3, -0.25) is 0 Å². The first-order chi connectivity index (χ1) is 20.8. The zero-order valence-electron chi connectivity index (χ0n) is 29.5. The van der Waals surface area contributed by atoms with Gasteiger partial charge in [0.15, 0.2) is 5.57 Å². The number of benzene rings is 2. The Kier molecular flexibility index (Phi) is 11.4. The van der Waals surface area contributed by atoms with E-state index in [1.54, 1.807) is 20.0 Å². The van der Waals surface area contributed by atoms with Crippen molar-refractivity contribution in [3.05, 3.63) is 70.4 Å². The fraction of sp³-hybridized carbons (Fsp3) is 0.579. The van der Waals surface area contributed by atoms with E-state index in [9.17, 15) is 14.7 Å². The molecule has 2 N–H and O–H groups in total. The predicted molar refractivity (Wildman–Crippen MR) is 182 cm³/mol. The molecule has 0 saturated carbocycles. The van der Waals surface area contributed by atoms with Crippen LogP contribution in [0.1, 0.15) is 124 Å². The Morgan fingerprint density at radius 1 is 0.889 bits per heavy atom. The van der Waals surface area contributed by atoms with Gasteiger partial charge in [0.05, 0.1) is 6.17 Å². The molecule has 0 bridgehead atoms. The average Bonchev–Trinajstić information content (AvgIpc) is 2.89. The van der Waals surface area contributed by atoms with Crippen molar-refractivity contribution in [2.75, 3.05) is 5.32 Å². The number of hydrogen-bond donors (Lipinski definition) is 2. The monoisotopic (exact) mass is 620 g/mol. The number of aromatic hydroxyl groups is 1. The number of unbranched alkanes of at least 4 members (excludes halogenated alkanes) is 2. The molecule has 2 aromatic carbocycles. The van der Waals surface area contributed by atoms with E-state index in [2.05, 4.69) is 91.9 Å². The minimum absolute atomic E-state index is 0.135. The molecule has 1 unspecified atom stereocenters. The van der Waals surface area contributed by atoms with E-state index in [-0.39, 0.29) is 22.6 Å². The quantitative estimate of drug-likeness (QED) is 0.0613. The third-order valence-electron chi connectivity index (χ3n) is 7.98. The highest BCUT2D eigenvalue weighted by Gasteiger charge is 2.40. The molecular formula is C38H56N2O5. The van der Waals surface area contributed by atoms with Crippen LogP contribution in [0.5, 0.6) is 5.75 Å². The SMILES string of the molecule is CCCCCC(Nc1cc(C(C)(C)C)c(O)c(C(C)(C)C)c1)N(C=C1C(=O)OC(C)(C)OC1=O)Cc1ccc(CC(C)C)cc1. The summed E-state index contributed by atoms with van der Waals surface area (Å²) in [7, 11) is 0. The van der Waals surface area contributed by atoms with E-state index < -0.39 is 17.7 Å². The third-order valence-corrected chi connectivity index (χ3v) is 7.98. The molecule has 0 radical (unpaired) electrons. The highest BCUT2D eigenvalue weighted by atomic mass is 16.7. The summed E-state index contributed by atoms with van der Waals surface area (Å²) in [6.45, 7) is 22.7. The van der Waals surface area contributed by atoms with E-state index >= 15 is 0 Å². The summed E-state index contributed by atoms with van der Waals surface area (Å²) in [5, 5.41) is 15.1. The maximum Gasteiger partial charge on any atom is 0.350 e. The number of hydrogen-bond acceptors (Lipinski definition) is 7. The maximum absolute atomic E-state index is 13.1. The van der Waals surface area contributed by atoms with Gasteiger partial charge < -0.3 is 24.8 Å². The van der Waals surface area contributed by atoms with Crippen LogP contribution in [0.4, 0.5) is 5.69 Å². The van der Waals surface area contributed by atoms with Crippen molar-refractivity contribution in [2.24, 2.45) is 5.92 Å². The van der Waals surface area contributed by atoms with Crippen molar-refractivity contribution >= 4 is 17.6 Å². The lowest BCUT2D eigenvalue weighted by atomic mass is 9.79. The van der Waals surface area contributed by atoms with Crippen molar-refractivity contribution < 1.29 is 24.2 Å². The smallest absolute Gasteiger partial charge is 0.350 e. The molecule has 1 atom stereocenters. The number of phenols is 1. The second kappa shape index (κ2) is 14.3. The van der Waals surface area contributed by atoms with E-state index in [0.717, 1.165) is 54.5 Å². The lowest BCUT2D eigenvalue weighted by Gasteiger charge is -2.36. The molecule has 7 heteroatoms. The Bertz CT molecular complexity index is 1300. The number of rotatable bonds is 12. The van der Waals surface area contributed by atoms with Gasteiger partial charge in [-0.1, -0.05) is 99.4 Å². The first-order valence-electron chi connectivity index (χ1n) is 16.5. The number of carbonyl (C=O) groups excluding carboxylic acids is 2. The summed E-state index contributed by atoms with van der Waals surface area (Å²) in [6.07, 6.45) is 6.12. The molecule has 45 heavy (non-hydrogen) atoms. The first-order valence-corrected chi connectivity index (χ1v) is 16.5. The highest BCUT2D eigenvalue weighted by molar-refractivity contribution is 6.15. The number of anilines is 1. The lowest BCUT2D eigenvalue weighted by molar-refractivity contribution is -0.222. The van der Waals surface area contributed by atoms with Gasteiger partial charge in [0.1, 0.15) is 5.75 Å². The van der Waals surface area contributed by atoms with Gasteiger partial charge in [0.25, 0.3) is 5.79 Å².